The quantitative estimate of drug-likeness (QED) is 0.643. The largest absolute Gasteiger partial charge is 0.469 e. The highest BCUT2D eigenvalue weighted by molar-refractivity contribution is 7.91. The van der Waals surface area contributed by atoms with E-state index in [-0.39, 0.29) is 17.1 Å². The molecule has 7 heteroatoms. The van der Waals surface area contributed by atoms with Gasteiger partial charge in [0.1, 0.15) is 5.82 Å². The number of carbonyl (C=O) groups is 1. The van der Waals surface area contributed by atoms with Gasteiger partial charge in [-0.25, -0.2) is 12.8 Å². The fourth-order valence-corrected chi connectivity index (χ4v) is 4.90. The summed E-state index contributed by atoms with van der Waals surface area (Å²) in [6.07, 6.45) is 1.69. The summed E-state index contributed by atoms with van der Waals surface area (Å²) in [4.78, 5) is 11.9. The van der Waals surface area contributed by atoms with Crippen molar-refractivity contribution in [2.75, 3.05) is 7.11 Å². The van der Waals surface area contributed by atoms with Crippen LogP contribution in [0.2, 0.25) is 0 Å². The Labute approximate surface area is 150 Å². The fraction of sp³-hybridized carbons (Fsp3) is 0.211. The topological polar surface area (TPSA) is 64.9 Å². The predicted octanol–water partition coefficient (Wildman–Crippen LogP) is 3.08. The molecule has 0 amide bonds. The van der Waals surface area contributed by atoms with E-state index in [1.807, 2.05) is 0 Å². The van der Waals surface area contributed by atoms with Crippen LogP contribution in [0.5, 0.6) is 0 Å². The molecule has 0 saturated heterocycles. The van der Waals surface area contributed by atoms with Gasteiger partial charge in [-0.2, -0.15) is 0 Å². The summed E-state index contributed by atoms with van der Waals surface area (Å²) in [6, 6.07) is 10.6. The van der Waals surface area contributed by atoms with Crippen molar-refractivity contribution in [1.82, 2.24) is 4.40 Å². The minimum atomic E-state index is -3.70. The van der Waals surface area contributed by atoms with E-state index in [1.165, 1.54) is 31.4 Å². The van der Waals surface area contributed by atoms with Crippen LogP contribution in [0.4, 0.5) is 4.39 Å². The third-order valence-electron chi connectivity index (χ3n) is 4.28. The zero-order chi connectivity index (χ0) is 18.9. The molecule has 0 bridgehead atoms. The summed E-state index contributed by atoms with van der Waals surface area (Å²) in [5.41, 5.74) is 2.09. The van der Waals surface area contributed by atoms with Crippen LogP contribution in [0.3, 0.4) is 0 Å². The van der Waals surface area contributed by atoms with Crippen molar-refractivity contribution in [2.45, 2.75) is 24.0 Å². The van der Waals surface area contributed by atoms with E-state index in [4.69, 9.17) is 4.74 Å². The Kier molecular flexibility index (Phi) is 4.82. The normalized spacial score (nSPS) is 11.7. The lowest BCUT2D eigenvalue weighted by molar-refractivity contribution is -0.139. The average molecular weight is 375 g/mol. The lowest BCUT2D eigenvalue weighted by atomic mass is 10.2. The number of esters is 1. The molecule has 0 fully saturated rings. The lowest BCUT2D eigenvalue weighted by Gasteiger charge is -2.06. The number of halogens is 1. The lowest BCUT2D eigenvalue weighted by Crippen LogP contribution is -2.08. The highest BCUT2D eigenvalue weighted by Crippen LogP contribution is 2.30. The summed E-state index contributed by atoms with van der Waals surface area (Å²) < 4.78 is 45.6. The van der Waals surface area contributed by atoms with Gasteiger partial charge in [0, 0.05) is 11.9 Å². The molecule has 0 radical (unpaired) electrons. The van der Waals surface area contributed by atoms with E-state index in [9.17, 15) is 17.6 Å². The number of rotatable bonds is 5. The third-order valence-corrected chi connectivity index (χ3v) is 6.13. The highest BCUT2D eigenvalue weighted by Gasteiger charge is 2.26. The molecule has 0 spiro atoms. The number of carbonyl (C=O) groups excluding carboxylic acids is 1. The van der Waals surface area contributed by atoms with Crippen molar-refractivity contribution >= 4 is 21.3 Å². The highest BCUT2D eigenvalue weighted by atomic mass is 32.2. The van der Waals surface area contributed by atoms with E-state index in [0.717, 1.165) is 0 Å². The van der Waals surface area contributed by atoms with E-state index in [2.05, 4.69) is 0 Å². The van der Waals surface area contributed by atoms with Crippen LogP contribution in [0.1, 0.15) is 16.8 Å². The fourth-order valence-electron chi connectivity index (χ4n) is 3.06. The van der Waals surface area contributed by atoms with Crippen LogP contribution in [-0.4, -0.2) is 25.9 Å². The molecule has 2 aromatic heterocycles. The Morgan fingerprint density at radius 1 is 1.15 bits per heavy atom. The number of nitrogens with zero attached hydrogens (tertiary/aromatic N) is 1. The summed E-state index contributed by atoms with van der Waals surface area (Å²) in [5.74, 6) is -1.11. The first-order valence-electron chi connectivity index (χ1n) is 7.96. The van der Waals surface area contributed by atoms with Crippen molar-refractivity contribution in [3.63, 3.8) is 0 Å². The number of ether oxygens (including phenoxy) is 1. The van der Waals surface area contributed by atoms with Crippen molar-refractivity contribution in [3.8, 4) is 0 Å². The van der Waals surface area contributed by atoms with Crippen LogP contribution < -0.4 is 0 Å². The van der Waals surface area contributed by atoms with Gasteiger partial charge < -0.3 is 9.14 Å². The molecule has 136 valence electrons. The Bertz CT molecular complexity index is 1070. The van der Waals surface area contributed by atoms with E-state index >= 15 is 0 Å². The number of hydrogen-bond donors (Lipinski definition) is 0. The molecule has 0 unspecified atom stereocenters. The monoisotopic (exact) mass is 375 g/mol. The Hall–Kier alpha value is -2.67. The third kappa shape index (κ3) is 3.35. The maximum absolute atomic E-state index is 13.1. The van der Waals surface area contributed by atoms with Gasteiger partial charge in [-0.1, -0.05) is 18.2 Å². The van der Waals surface area contributed by atoms with Crippen molar-refractivity contribution in [3.05, 3.63) is 71.3 Å². The molecule has 0 saturated carbocycles. The molecule has 5 nitrogen and oxygen atoms in total. The maximum atomic E-state index is 13.1. The first-order valence-corrected chi connectivity index (χ1v) is 9.61. The van der Waals surface area contributed by atoms with E-state index < -0.39 is 21.6 Å². The van der Waals surface area contributed by atoms with Crippen molar-refractivity contribution in [1.29, 1.82) is 0 Å². The molecule has 0 aliphatic heterocycles. The van der Waals surface area contributed by atoms with Gasteiger partial charge in [0.2, 0.25) is 0 Å². The van der Waals surface area contributed by atoms with Crippen LogP contribution >= 0.6 is 0 Å². The number of hydrogen-bond acceptors (Lipinski definition) is 4. The van der Waals surface area contributed by atoms with Gasteiger partial charge in [-0.3, -0.25) is 4.79 Å². The smallest absolute Gasteiger partial charge is 0.311 e. The number of benzene rings is 1. The second-order valence-corrected chi connectivity index (χ2v) is 7.92. The molecule has 1 aromatic carbocycles. The van der Waals surface area contributed by atoms with Crippen LogP contribution in [0, 0.1) is 12.7 Å². The first kappa shape index (κ1) is 18.1. The SMILES string of the molecule is COC(=O)Cc1c(C)c(S(=O)(=O)Cc2ccc(F)cc2)c2ccccn12. The number of sulfone groups is 1. The summed E-state index contributed by atoms with van der Waals surface area (Å²) in [5, 5.41) is 0. The zero-order valence-corrected chi connectivity index (χ0v) is 15.2. The molecule has 0 aliphatic carbocycles. The molecule has 2 heterocycles. The molecule has 3 rings (SSSR count). The zero-order valence-electron chi connectivity index (χ0n) is 14.4. The van der Waals surface area contributed by atoms with Crippen molar-refractivity contribution < 1.29 is 22.3 Å². The molecular formula is C19H18FNO4S. The van der Waals surface area contributed by atoms with Crippen LogP contribution in [0.25, 0.3) is 5.52 Å². The second kappa shape index (κ2) is 6.92. The molecule has 0 atom stereocenters. The van der Waals surface area contributed by atoms with E-state index in [0.29, 0.717) is 22.3 Å². The predicted molar refractivity (Wildman–Crippen MR) is 95.1 cm³/mol. The summed E-state index contributed by atoms with van der Waals surface area (Å²) >= 11 is 0. The minimum Gasteiger partial charge on any atom is -0.469 e. The minimum absolute atomic E-state index is 0.0282. The number of pyridine rings is 1. The number of aromatic nitrogens is 1. The van der Waals surface area contributed by atoms with Crippen LogP contribution in [0.15, 0.2) is 53.6 Å². The van der Waals surface area contributed by atoms with Crippen molar-refractivity contribution in [2.24, 2.45) is 0 Å². The van der Waals surface area contributed by atoms with E-state index in [1.54, 1.807) is 35.7 Å². The first-order chi connectivity index (χ1) is 12.3. The van der Waals surface area contributed by atoms with Gasteiger partial charge in [-0.05, 0) is 42.3 Å². The average Bonchev–Trinajstić information content (AvgIpc) is 2.89. The van der Waals surface area contributed by atoms with Gasteiger partial charge >= 0.3 is 5.97 Å². The maximum Gasteiger partial charge on any atom is 0.311 e. The Morgan fingerprint density at radius 2 is 1.85 bits per heavy atom. The molecular weight excluding hydrogens is 357 g/mol. The molecule has 3 aromatic rings. The molecule has 0 N–H and O–H groups in total. The second-order valence-electron chi connectivity index (χ2n) is 6.00. The molecule has 0 aliphatic rings. The summed E-state index contributed by atoms with van der Waals surface area (Å²) in [7, 11) is -2.41. The molecule has 26 heavy (non-hydrogen) atoms. The van der Waals surface area contributed by atoms with Gasteiger partial charge in [-0.15, -0.1) is 0 Å². The van der Waals surface area contributed by atoms with Gasteiger partial charge in [0.15, 0.2) is 9.84 Å². The Morgan fingerprint density at radius 3 is 2.50 bits per heavy atom. The number of methoxy groups -OCH3 is 1. The van der Waals surface area contributed by atoms with Gasteiger partial charge in [0.25, 0.3) is 0 Å². The summed E-state index contributed by atoms with van der Waals surface area (Å²) in [6.45, 7) is 1.68. The number of fused-ring (bicyclic) bond motifs is 1. The Balaban J connectivity index is 2.13. The standard InChI is InChI=1S/C19H18FNO4S/c1-13-17(11-18(22)25-2)21-10-4-3-5-16(21)19(13)26(23,24)12-14-6-8-15(20)9-7-14/h3-10H,11-12H2,1-2H3. The van der Waals surface area contributed by atoms with Crippen LogP contribution in [-0.2, 0) is 31.5 Å². The van der Waals surface area contributed by atoms with Gasteiger partial charge in [0.05, 0.1) is 29.7 Å².